The predicted molar refractivity (Wildman–Crippen MR) is 78.3 cm³/mol. The van der Waals surface area contributed by atoms with E-state index in [0.717, 1.165) is 3.58 Å². The van der Waals surface area contributed by atoms with Crippen molar-refractivity contribution in [3.63, 3.8) is 0 Å². The summed E-state index contributed by atoms with van der Waals surface area (Å²) in [5.41, 5.74) is -0.825. The first-order valence-corrected chi connectivity index (χ1v) is 6.87. The van der Waals surface area contributed by atoms with Gasteiger partial charge in [-0.2, -0.15) is 0 Å². The van der Waals surface area contributed by atoms with E-state index in [-0.39, 0.29) is 17.1 Å². The van der Waals surface area contributed by atoms with Crippen LogP contribution in [-0.4, -0.2) is 22.0 Å². The molecular weight excluding hydrogens is 329 g/mol. The van der Waals surface area contributed by atoms with Crippen LogP contribution in [0.4, 0.5) is 0 Å². The van der Waals surface area contributed by atoms with Gasteiger partial charge < -0.3 is 5.11 Å². The minimum Gasteiger partial charge on any atom is -0.507 e. The van der Waals surface area contributed by atoms with E-state index in [1.54, 1.807) is 12.2 Å². The maximum atomic E-state index is 12.2. The second-order valence-corrected chi connectivity index (χ2v) is 6.73. The molecule has 0 amide bonds. The number of carbonyl (C=O) groups is 1. The molecule has 1 aliphatic rings. The van der Waals surface area contributed by atoms with Gasteiger partial charge in [0.05, 0.1) is 0 Å². The number of carbonyl (C=O) groups excluding carboxylic acids is 1. The third-order valence-electron chi connectivity index (χ3n) is 2.65. The molecule has 0 spiro atoms. The van der Waals surface area contributed by atoms with Gasteiger partial charge in [0.1, 0.15) is 11.3 Å². The summed E-state index contributed by atoms with van der Waals surface area (Å²) in [7, 11) is 0. The molecule has 4 heteroatoms. The van der Waals surface area contributed by atoms with Gasteiger partial charge in [-0.1, -0.05) is 13.0 Å². The lowest BCUT2D eigenvalue weighted by molar-refractivity contribution is -0.124. The van der Waals surface area contributed by atoms with Gasteiger partial charge in [0, 0.05) is 22.0 Å². The number of aliphatic hydroxyl groups is 1. The van der Waals surface area contributed by atoms with Crippen LogP contribution in [-0.2, 0) is 4.79 Å². The number of halogens is 1. The predicted octanol–water partition coefficient (Wildman–Crippen LogP) is 3.26. The number of aliphatic hydroxyl groups excluding tert-OH is 1. The van der Waals surface area contributed by atoms with Crippen LogP contribution < -0.4 is 5.32 Å². The van der Waals surface area contributed by atoms with Crippen molar-refractivity contribution in [3.05, 3.63) is 21.5 Å². The molecule has 0 heterocycles. The monoisotopic (exact) mass is 349 g/mol. The fraction of sp³-hybridized carbons (Fsp3) is 0.615. The van der Waals surface area contributed by atoms with Crippen molar-refractivity contribution in [2.75, 3.05) is 0 Å². The van der Waals surface area contributed by atoms with Crippen LogP contribution in [0.1, 0.15) is 40.5 Å². The Morgan fingerprint density at radius 2 is 2.18 bits per heavy atom. The number of ketones is 1. The van der Waals surface area contributed by atoms with E-state index in [1.807, 2.05) is 27.7 Å². The van der Waals surface area contributed by atoms with E-state index >= 15 is 0 Å². The zero-order chi connectivity index (χ0) is 13.3. The highest BCUT2D eigenvalue weighted by Gasteiger charge is 2.39. The molecule has 0 radical (unpaired) electrons. The van der Waals surface area contributed by atoms with Crippen molar-refractivity contribution >= 4 is 28.4 Å². The Morgan fingerprint density at radius 1 is 1.59 bits per heavy atom. The molecule has 0 bridgehead atoms. The number of hydrogen-bond donors (Lipinski definition) is 2. The average molecular weight is 349 g/mol. The Labute approximate surface area is 117 Å². The summed E-state index contributed by atoms with van der Waals surface area (Å²) in [5.74, 6) is 0.422. The highest BCUT2D eigenvalue weighted by atomic mass is 127. The number of rotatable bonds is 3. The molecule has 3 nitrogen and oxygen atoms in total. The average Bonchev–Trinajstić information content (AvgIpc) is 2.20. The van der Waals surface area contributed by atoms with E-state index in [1.165, 1.54) is 0 Å². The summed E-state index contributed by atoms with van der Waals surface area (Å²) in [5, 5.41) is 13.0. The Kier molecular flexibility index (Phi) is 4.41. The van der Waals surface area contributed by atoms with E-state index in [9.17, 15) is 9.90 Å². The molecule has 1 rings (SSSR count). The molecule has 0 aromatic heterocycles. The normalized spacial score (nSPS) is 25.2. The molecule has 0 fully saturated rings. The third kappa shape index (κ3) is 3.55. The number of Topliss-reactive ketones (excluding diaryl/α,β-unsaturated/α-hetero) is 1. The Morgan fingerprint density at radius 3 is 2.59 bits per heavy atom. The lowest BCUT2D eigenvalue weighted by atomic mass is 9.83. The molecule has 0 saturated carbocycles. The summed E-state index contributed by atoms with van der Waals surface area (Å²) in [6, 6.07) is 0. The minimum absolute atomic E-state index is 0.154. The first kappa shape index (κ1) is 14.7. The molecular formula is C13H20INO2. The van der Waals surface area contributed by atoms with E-state index in [0.29, 0.717) is 12.8 Å². The first-order chi connectivity index (χ1) is 7.70. The topological polar surface area (TPSA) is 49.3 Å². The Hall–Kier alpha value is -0.360. The fourth-order valence-corrected chi connectivity index (χ4v) is 2.82. The van der Waals surface area contributed by atoms with Gasteiger partial charge in [-0.05, 0) is 49.4 Å². The number of hydrogen-bond acceptors (Lipinski definition) is 3. The molecule has 1 atom stereocenters. The van der Waals surface area contributed by atoms with Crippen molar-refractivity contribution < 1.29 is 9.90 Å². The minimum atomic E-state index is -0.671. The van der Waals surface area contributed by atoms with Gasteiger partial charge in [0.25, 0.3) is 0 Å². The van der Waals surface area contributed by atoms with Crippen molar-refractivity contribution in [2.45, 2.75) is 51.6 Å². The zero-order valence-electron chi connectivity index (χ0n) is 10.8. The second kappa shape index (κ2) is 5.10. The van der Waals surface area contributed by atoms with Crippen molar-refractivity contribution in [1.82, 2.24) is 5.32 Å². The maximum Gasteiger partial charge on any atom is 0.156 e. The number of allylic oxidation sites excluding steroid dienone is 1. The molecule has 96 valence electrons. The summed E-state index contributed by atoms with van der Waals surface area (Å²) in [4.78, 5) is 12.2. The summed E-state index contributed by atoms with van der Waals surface area (Å²) < 4.78 is 0.823. The Bertz CT molecular complexity index is 379. The largest absolute Gasteiger partial charge is 0.507 e. The van der Waals surface area contributed by atoms with Crippen molar-refractivity contribution in [1.29, 1.82) is 0 Å². The van der Waals surface area contributed by atoms with Gasteiger partial charge in [-0.3, -0.25) is 10.1 Å². The van der Waals surface area contributed by atoms with E-state index in [4.69, 9.17) is 0 Å². The molecule has 17 heavy (non-hydrogen) atoms. The quantitative estimate of drug-likeness (QED) is 0.769. The lowest BCUT2D eigenvalue weighted by Crippen LogP contribution is -2.58. The van der Waals surface area contributed by atoms with Gasteiger partial charge in [-0.15, -0.1) is 0 Å². The molecule has 1 aliphatic carbocycles. The van der Waals surface area contributed by atoms with Gasteiger partial charge >= 0.3 is 0 Å². The van der Waals surface area contributed by atoms with Crippen molar-refractivity contribution in [3.8, 4) is 0 Å². The molecule has 0 aromatic rings. The molecule has 0 aromatic carbocycles. The second-order valence-electron chi connectivity index (χ2n) is 5.42. The van der Waals surface area contributed by atoms with E-state index < -0.39 is 5.54 Å². The smallest absolute Gasteiger partial charge is 0.156 e. The maximum absolute atomic E-state index is 12.2. The summed E-state index contributed by atoms with van der Waals surface area (Å²) in [6.45, 7) is 7.98. The zero-order valence-corrected chi connectivity index (χ0v) is 13.0. The van der Waals surface area contributed by atoms with Gasteiger partial charge in [0.15, 0.2) is 5.78 Å². The third-order valence-corrected chi connectivity index (χ3v) is 3.59. The van der Waals surface area contributed by atoms with Crippen LogP contribution in [0, 0.1) is 0 Å². The van der Waals surface area contributed by atoms with Crippen LogP contribution in [0.25, 0.3) is 0 Å². The molecule has 0 aliphatic heterocycles. The van der Waals surface area contributed by atoms with Crippen molar-refractivity contribution in [2.24, 2.45) is 0 Å². The van der Waals surface area contributed by atoms with Crippen LogP contribution in [0.5, 0.6) is 0 Å². The summed E-state index contributed by atoms with van der Waals surface area (Å²) in [6.07, 6.45) is 4.43. The van der Waals surface area contributed by atoms with Crippen LogP contribution >= 0.6 is 22.6 Å². The Balaban J connectivity index is 3.08. The fourth-order valence-electron chi connectivity index (χ4n) is 2.04. The first-order valence-electron chi connectivity index (χ1n) is 5.80. The highest BCUT2D eigenvalue weighted by molar-refractivity contribution is 14.1. The summed E-state index contributed by atoms with van der Waals surface area (Å²) >= 11 is 2.10. The highest BCUT2D eigenvalue weighted by Crippen LogP contribution is 2.33. The lowest BCUT2D eigenvalue weighted by Gasteiger charge is -2.38. The van der Waals surface area contributed by atoms with Crippen LogP contribution in [0.3, 0.4) is 0 Å². The van der Waals surface area contributed by atoms with E-state index in [2.05, 4.69) is 27.9 Å². The SMILES string of the molecule is CCC(=O)[C@@]1(NC(C)(C)C)C=CC(O)=C(I)C1. The van der Waals surface area contributed by atoms with Crippen LogP contribution in [0.15, 0.2) is 21.5 Å². The standard InChI is InChI=1S/C13H20INO2/c1-5-11(17)13(15-12(2,3)4)7-6-10(16)9(14)8-13/h6-7,15-16H,5,8H2,1-4H3/t13-/m1/s1. The van der Waals surface area contributed by atoms with Crippen LogP contribution in [0.2, 0.25) is 0 Å². The number of nitrogens with one attached hydrogen (secondary N) is 1. The van der Waals surface area contributed by atoms with Gasteiger partial charge in [-0.25, -0.2) is 0 Å². The van der Waals surface area contributed by atoms with Gasteiger partial charge in [0.2, 0.25) is 0 Å². The molecule has 0 unspecified atom stereocenters. The molecule has 0 saturated heterocycles. The molecule has 2 N–H and O–H groups in total.